The van der Waals surface area contributed by atoms with Gasteiger partial charge in [0.2, 0.25) is 0 Å². The molecule has 7 nitrogen and oxygen atoms in total. The molecule has 0 spiro atoms. The van der Waals surface area contributed by atoms with E-state index in [4.69, 9.17) is 4.98 Å². The van der Waals surface area contributed by atoms with Crippen molar-refractivity contribution >= 4 is 5.82 Å². The predicted molar refractivity (Wildman–Crippen MR) is 91.4 cm³/mol. The van der Waals surface area contributed by atoms with Crippen molar-refractivity contribution in [3.05, 3.63) is 49.2 Å². The van der Waals surface area contributed by atoms with E-state index in [1.54, 1.807) is 31.0 Å². The van der Waals surface area contributed by atoms with Gasteiger partial charge in [-0.05, 0) is 12.1 Å². The van der Waals surface area contributed by atoms with Crippen LogP contribution in [0.25, 0.3) is 22.8 Å². The van der Waals surface area contributed by atoms with Crippen molar-refractivity contribution in [3.8, 4) is 22.8 Å². The van der Waals surface area contributed by atoms with Crippen molar-refractivity contribution in [1.29, 1.82) is 0 Å². The molecule has 1 fully saturated rings. The largest absolute Gasteiger partial charge is 0.354 e. The van der Waals surface area contributed by atoms with Gasteiger partial charge in [-0.3, -0.25) is 9.97 Å². The van der Waals surface area contributed by atoms with Crippen molar-refractivity contribution in [2.24, 2.45) is 0 Å². The van der Waals surface area contributed by atoms with Gasteiger partial charge >= 0.3 is 0 Å². The van der Waals surface area contributed by atoms with Crippen molar-refractivity contribution in [2.45, 2.75) is 0 Å². The fourth-order valence-electron chi connectivity index (χ4n) is 2.69. The fourth-order valence-corrected chi connectivity index (χ4v) is 2.69. The zero-order valence-corrected chi connectivity index (χ0v) is 13.1. The molecule has 1 aliphatic heterocycles. The third-order valence-electron chi connectivity index (χ3n) is 3.92. The highest BCUT2D eigenvalue weighted by molar-refractivity contribution is 5.66. The van der Waals surface area contributed by atoms with E-state index in [1.807, 2.05) is 18.2 Å². The number of nitrogens with one attached hydrogen (secondary N) is 1. The average molecular weight is 319 g/mol. The highest BCUT2D eigenvalue weighted by atomic mass is 15.2. The minimum absolute atomic E-state index is 0.589. The van der Waals surface area contributed by atoms with Crippen LogP contribution in [0.1, 0.15) is 0 Å². The Hall–Kier alpha value is -2.93. The summed E-state index contributed by atoms with van der Waals surface area (Å²) in [6, 6.07) is 5.93. The molecular weight excluding hydrogens is 302 g/mol. The summed E-state index contributed by atoms with van der Waals surface area (Å²) in [4.78, 5) is 24.2. The lowest BCUT2D eigenvalue weighted by Crippen LogP contribution is -2.44. The molecule has 4 heterocycles. The Balaban J connectivity index is 1.81. The van der Waals surface area contributed by atoms with Crippen LogP contribution in [0, 0.1) is 0 Å². The first-order valence-corrected chi connectivity index (χ1v) is 7.92. The molecule has 0 amide bonds. The summed E-state index contributed by atoms with van der Waals surface area (Å²) in [5, 5.41) is 3.36. The van der Waals surface area contributed by atoms with Crippen LogP contribution in [0.2, 0.25) is 0 Å². The summed E-state index contributed by atoms with van der Waals surface area (Å²) in [5.74, 6) is 1.50. The van der Waals surface area contributed by atoms with E-state index >= 15 is 0 Å². The van der Waals surface area contributed by atoms with Crippen LogP contribution in [-0.2, 0) is 0 Å². The molecular formula is C17H17N7. The number of piperazine rings is 1. The van der Waals surface area contributed by atoms with E-state index in [2.05, 4.69) is 30.2 Å². The third kappa shape index (κ3) is 3.07. The molecule has 120 valence electrons. The molecule has 3 aromatic rings. The molecule has 24 heavy (non-hydrogen) atoms. The molecule has 3 aromatic heterocycles. The summed E-state index contributed by atoms with van der Waals surface area (Å²) in [6.07, 6.45) is 8.52. The summed E-state index contributed by atoms with van der Waals surface area (Å²) in [7, 11) is 0. The molecule has 0 aromatic carbocycles. The van der Waals surface area contributed by atoms with Gasteiger partial charge in [0.1, 0.15) is 11.5 Å². The van der Waals surface area contributed by atoms with Crippen molar-refractivity contribution < 1.29 is 0 Å². The molecule has 0 aliphatic carbocycles. The van der Waals surface area contributed by atoms with Crippen LogP contribution < -0.4 is 10.2 Å². The first-order chi connectivity index (χ1) is 11.9. The van der Waals surface area contributed by atoms with Gasteiger partial charge in [0.05, 0.1) is 11.9 Å². The van der Waals surface area contributed by atoms with Crippen molar-refractivity contribution in [2.75, 3.05) is 31.1 Å². The molecule has 0 radical (unpaired) electrons. The summed E-state index contributed by atoms with van der Waals surface area (Å²) >= 11 is 0. The minimum atomic E-state index is 0.589. The molecule has 7 heteroatoms. The number of nitrogens with zero attached hydrogens (tertiary/aromatic N) is 6. The van der Waals surface area contributed by atoms with Gasteiger partial charge in [0.25, 0.3) is 0 Å². The lowest BCUT2D eigenvalue weighted by Gasteiger charge is -2.28. The molecule has 4 rings (SSSR count). The Morgan fingerprint density at radius 1 is 0.875 bits per heavy atom. The Morgan fingerprint density at radius 2 is 1.71 bits per heavy atom. The predicted octanol–water partition coefficient (Wildman–Crippen LogP) is 1.41. The maximum absolute atomic E-state index is 4.72. The van der Waals surface area contributed by atoms with E-state index in [1.165, 1.54) is 0 Å². The highest BCUT2D eigenvalue weighted by Gasteiger charge is 2.16. The van der Waals surface area contributed by atoms with Crippen molar-refractivity contribution in [1.82, 2.24) is 30.2 Å². The van der Waals surface area contributed by atoms with E-state index in [0.717, 1.165) is 43.3 Å². The lowest BCUT2D eigenvalue weighted by atomic mass is 10.2. The smallest absolute Gasteiger partial charge is 0.182 e. The SMILES string of the molecule is c1cc(-c2cc(N3CCNCC3)nc(-c3cnccn3)n2)ccn1. The number of pyridine rings is 1. The minimum Gasteiger partial charge on any atom is -0.354 e. The Morgan fingerprint density at radius 3 is 2.46 bits per heavy atom. The second kappa shape index (κ2) is 6.67. The Labute approximate surface area is 139 Å². The molecule has 0 bridgehead atoms. The second-order valence-corrected chi connectivity index (χ2v) is 5.50. The van der Waals surface area contributed by atoms with Gasteiger partial charge in [-0.15, -0.1) is 0 Å². The van der Waals surface area contributed by atoms with Gasteiger partial charge in [0, 0.05) is 62.6 Å². The van der Waals surface area contributed by atoms with Gasteiger partial charge in [-0.1, -0.05) is 0 Å². The summed E-state index contributed by atoms with van der Waals surface area (Å²) in [5.41, 5.74) is 2.54. The van der Waals surface area contributed by atoms with Gasteiger partial charge in [-0.2, -0.15) is 0 Å². The molecule has 1 N–H and O–H groups in total. The van der Waals surface area contributed by atoms with Crippen LogP contribution in [0.15, 0.2) is 49.2 Å². The van der Waals surface area contributed by atoms with Crippen LogP contribution in [0.4, 0.5) is 5.82 Å². The fraction of sp³-hybridized carbons (Fsp3) is 0.235. The van der Waals surface area contributed by atoms with Crippen molar-refractivity contribution in [3.63, 3.8) is 0 Å². The first kappa shape index (κ1) is 14.6. The number of rotatable bonds is 3. The normalized spacial score (nSPS) is 14.6. The topological polar surface area (TPSA) is 79.7 Å². The number of anilines is 1. The van der Waals surface area contributed by atoms with E-state index < -0.39 is 0 Å². The zero-order chi connectivity index (χ0) is 16.2. The van der Waals surface area contributed by atoms with Gasteiger partial charge < -0.3 is 10.2 Å². The van der Waals surface area contributed by atoms with E-state index in [9.17, 15) is 0 Å². The summed E-state index contributed by atoms with van der Waals surface area (Å²) < 4.78 is 0. The second-order valence-electron chi connectivity index (χ2n) is 5.50. The zero-order valence-electron chi connectivity index (χ0n) is 13.1. The van der Waals surface area contributed by atoms with E-state index in [-0.39, 0.29) is 0 Å². The molecule has 0 atom stereocenters. The quantitative estimate of drug-likeness (QED) is 0.781. The lowest BCUT2D eigenvalue weighted by molar-refractivity contribution is 0.585. The van der Waals surface area contributed by atoms with Gasteiger partial charge in [0.15, 0.2) is 5.82 Å². The maximum Gasteiger partial charge on any atom is 0.182 e. The number of hydrogen-bond acceptors (Lipinski definition) is 7. The highest BCUT2D eigenvalue weighted by Crippen LogP contribution is 2.24. The molecule has 0 unspecified atom stereocenters. The standard InChI is InChI=1S/C17H17N7/c1-3-18-4-2-13(1)14-11-16(24-9-7-19-8-10-24)23-17(22-14)15-12-20-5-6-21-15/h1-6,11-12,19H,7-10H2. The van der Waals surface area contributed by atoms with Crippen LogP contribution in [0.3, 0.4) is 0 Å². The molecule has 1 aliphatic rings. The first-order valence-electron chi connectivity index (χ1n) is 7.92. The van der Waals surface area contributed by atoms with Crippen LogP contribution in [-0.4, -0.2) is 51.1 Å². The number of aromatic nitrogens is 5. The van der Waals surface area contributed by atoms with E-state index in [0.29, 0.717) is 11.5 Å². The number of hydrogen-bond donors (Lipinski definition) is 1. The Bertz CT molecular complexity index is 744. The molecule has 0 saturated carbocycles. The monoisotopic (exact) mass is 319 g/mol. The third-order valence-corrected chi connectivity index (χ3v) is 3.92. The van der Waals surface area contributed by atoms with Gasteiger partial charge in [-0.25, -0.2) is 15.0 Å². The Kier molecular flexibility index (Phi) is 4.07. The summed E-state index contributed by atoms with van der Waals surface area (Å²) in [6.45, 7) is 3.75. The van der Waals surface area contributed by atoms with Crippen LogP contribution in [0.5, 0.6) is 0 Å². The molecule has 1 saturated heterocycles. The maximum atomic E-state index is 4.72. The average Bonchev–Trinajstić information content (AvgIpc) is 2.70. The van der Waals surface area contributed by atoms with Crippen LogP contribution >= 0.6 is 0 Å².